The third-order valence-corrected chi connectivity index (χ3v) is 1.52. The molecule has 1 N–H and O–H groups in total. The summed E-state index contributed by atoms with van der Waals surface area (Å²) in [5.41, 5.74) is 0.272. The monoisotopic (exact) mass is 201 g/mol. The van der Waals surface area contributed by atoms with Gasteiger partial charge in [0.1, 0.15) is 6.61 Å². The van der Waals surface area contributed by atoms with Crippen molar-refractivity contribution in [3.8, 4) is 5.75 Å². The van der Waals surface area contributed by atoms with Crippen LogP contribution in [0.3, 0.4) is 0 Å². The summed E-state index contributed by atoms with van der Waals surface area (Å²) < 4.78 is 30.5. The lowest BCUT2D eigenvalue weighted by Crippen LogP contribution is -2.08. The maximum atomic E-state index is 13.0. The Kier molecular flexibility index (Phi) is 3.39. The number of hydrogen-bond acceptors (Lipinski definition) is 3. The minimum absolute atomic E-state index is 0.0864. The van der Waals surface area contributed by atoms with Crippen LogP contribution in [0.2, 0.25) is 0 Å². The Bertz CT molecular complexity index is 353. The summed E-state index contributed by atoms with van der Waals surface area (Å²) >= 11 is 0. The zero-order valence-corrected chi connectivity index (χ0v) is 7.50. The molecule has 0 aliphatic rings. The molecule has 14 heavy (non-hydrogen) atoms. The standard InChI is InChI=1S/C9H9F2NO2/c1-6(12-13)5-14-8-4-2-3-7(10)9(8)11/h2-4,13H,5H2,1H3/b12-6+. The Morgan fingerprint density at radius 1 is 1.50 bits per heavy atom. The summed E-state index contributed by atoms with van der Waals surface area (Å²) in [4.78, 5) is 0. The van der Waals surface area contributed by atoms with Gasteiger partial charge >= 0.3 is 0 Å². The van der Waals surface area contributed by atoms with Gasteiger partial charge in [0, 0.05) is 0 Å². The summed E-state index contributed by atoms with van der Waals surface area (Å²) in [5, 5.41) is 11.1. The highest BCUT2D eigenvalue weighted by Crippen LogP contribution is 2.18. The van der Waals surface area contributed by atoms with Crippen molar-refractivity contribution in [3.63, 3.8) is 0 Å². The molecule has 0 radical (unpaired) electrons. The molecule has 0 heterocycles. The van der Waals surface area contributed by atoms with Gasteiger partial charge in [-0.05, 0) is 19.1 Å². The number of hydrogen-bond donors (Lipinski definition) is 1. The molecule has 5 heteroatoms. The molecule has 0 spiro atoms. The first-order valence-corrected chi connectivity index (χ1v) is 3.89. The molecule has 1 rings (SSSR count). The van der Waals surface area contributed by atoms with Crippen molar-refractivity contribution < 1.29 is 18.7 Å². The van der Waals surface area contributed by atoms with Crippen molar-refractivity contribution in [2.75, 3.05) is 6.61 Å². The molecule has 0 amide bonds. The van der Waals surface area contributed by atoms with Gasteiger partial charge < -0.3 is 9.94 Å². The van der Waals surface area contributed by atoms with Gasteiger partial charge in [-0.15, -0.1) is 0 Å². The minimum Gasteiger partial charge on any atom is -0.484 e. The van der Waals surface area contributed by atoms with Gasteiger partial charge in [-0.1, -0.05) is 11.2 Å². The highest BCUT2D eigenvalue weighted by molar-refractivity contribution is 5.82. The fourth-order valence-corrected chi connectivity index (χ4v) is 0.807. The van der Waals surface area contributed by atoms with Crippen molar-refractivity contribution >= 4 is 5.71 Å². The lowest BCUT2D eigenvalue weighted by atomic mass is 10.3. The van der Waals surface area contributed by atoms with Crippen LogP contribution in [0.4, 0.5) is 8.78 Å². The van der Waals surface area contributed by atoms with Gasteiger partial charge in [0.05, 0.1) is 5.71 Å². The van der Waals surface area contributed by atoms with Crippen LogP contribution >= 0.6 is 0 Å². The Labute approximate surface area is 79.6 Å². The number of oxime groups is 1. The molecular weight excluding hydrogens is 192 g/mol. The maximum Gasteiger partial charge on any atom is 0.200 e. The molecule has 0 fully saturated rings. The van der Waals surface area contributed by atoms with E-state index in [1.165, 1.54) is 19.1 Å². The van der Waals surface area contributed by atoms with Gasteiger partial charge in [0.15, 0.2) is 11.6 Å². The maximum absolute atomic E-state index is 13.0. The van der Waals surface area contributed by atoms with Crippen molar-refractivity contribution in [3.05, 3.63) is 29.8 Å². The molecule has 0 unspecified atom stereocenters. The fraction of sp³-hybridized carbons (Fsp3) is 0.222. The molecule has 76 valence electrons. The van der Waals surface area contributed by atoms with Crippen LogP contribution in [0.1, 0.15) is 6.92 Å². The second kappa shape index (κ2) is 4.55. The SMILES string of the molecule is C/C(COc1cccc(F)c1F)=N\O. The topological polar surface area (TPSA) is 41.8 Å². The van der Waals surface area contributed by atoms with Gasteiger partial charge in [0.25, 0.3) is 0 Å². The lowest BCUT2D eigenvalue weighted by molar-refractivity contribution is 0.302. The number of halogens is 2. The second-order valence-electron chi connectivity index (χ2n) is 2.68. The molecule has 0 aromatic heterocycles. The number of benzene rings is 1. The van der Waals surface area contributed by atoms with E-state index in [1.54, 1.807) is 0 Å². The van der Waals surface area contributed by atoms with Gasteiger partial charge in [-0.25, -0.2) is 4.39 Å². The first-order valence-electron chi connectivity index (χ1n) is 3.89. The first kappa shape index (κ1) is 10.4. The molecule has 0 bridgehead atoms. The van der Waals surface area contributed by atoms with Crippen molar-refractivity contribution in [2.45, 2.75) is 6.92 Å². The smallest absolute Gasteiger partial charge is 0.200 e. The zero-order valence-electron chi connectivity index (χ0n) is 7.50. The van der Waals surface area contributed by atoms with E-state index in [0.29, 0.717) is 0 Å². The molecule has 0 atom stereocenters. The van der Waals surface area contributed by atoms with Crippen LogP contribution < -0.4 is 4.74 Å². The third-order valence-electron chi connectivity index (χ3n) is 1.52. The van der Waals surface area contributed by atoms with Crippen LogP contribution in [0.15, 0.2) is 23.4 Å². The van der Waals surface area contributed by atoms with E-state index in [1.807, 2.05) is 0 Å². The van der Waals surface area contributed by atoms with E-state index >= 15 is 0 Å². The summed E-state index contributed by atoms with van der Waals surface area (Å²) in [6.07, 6.45) is 0. The minimum atomic E-state index is -1.04. The molecule has 0 saturated heterocycles. The van der Waals surface area contributed by atoms with E-state index in [0.717, 1.165) is 6.07 Å². The molecule has 0 aliphatic heterocycles. The highest BCUT2D eigenvalue weighted by Gasteiger charge is 2.08. The Morgan fingerprint density at radius 2 is 2.21 bits per heavy atom. The number of rotatable bonds is 3. The van der Waals surface area contributed by atoms with E-state index in [9.17, 15) is 8.78 Å². The fourth-order valence-electron chi connectivity index (χ4n) is 0.807. The lowest BCUT2D eigenvalue weighted by Gasteiger charge is -2.05. The Hall–Kier alpha value is -1.65. The van der Waals surface area contributed by atoms with Gasteiger partial charge in [-0.3, -0.25) is 0 Å². The Morgan fingerprint density at radius 3 is 2.86 bits per heavy atom. The van der Waals surface area contributed by atoms with Crippen LogP contribution in [0.25, 0.3) is 0 Å². The number of nitrogens with zero attached hydrogens (tertiary/aromatic N) is 1. The van der Waals surface area contributed by atoms with Crippen molar-refractivity contribution in [1.29, 1.82) is 0 Å². The van der Waals surface area contributed by atoms with E-state index in [4.69, 9.17) is 9.94 Å². The van der Waals surface area contributed by atoms with E-state index in [-0.39, 0.29) is 18.1 Å². The molecular formula is C9H9F2NO2. The summed E-state index contributed by atoms with van der Waals surface area (Å²) in [7, 11) is 0. The largest absolute Gasteiger partial charge is 0.484 e. The first-order chi connectivity index (χ1) is 6.65. The second-order valence-corrected chi connectivity index (χ2v) is 2.68. The van der Waals surface area contributed by atoms with Crippen molar-refractivity contribution in [2.24, 2.45) is 5.16 Å². The number of ether oxygens (including phenoxy) is 1. The normalized spacial score (nSPS) is 11.5. The van der Waals surface area contributed by atoms with E-state index in [2.05, 4.69) is 5.16 Å². The third kappa shape index (κ3) is 2.42. The summed E-state index contributed by atoms with van der Waals surface area (Å²) in [6, 6.07) is 3.62. The van der Waals surface area contributed by atoms with Crippen LogP contribution in [0, 0.1) is 11.6 Å². The van der Waals surface area contributed by atoms with E-state index < -0.39 is 11.6 Å². The average Bonchev–Trinajstić information content (AvgIpc) is 2.20. The zero-order chi connectivity index (χ0) is 10.6. The predicted molar refractivity (Wildman–Crippen MR) is 46.7 cm³/mol. The summed E-state index contributed by atoms with van der Waals surface area (Å²) in [6.45, 7) is 1.41. The summed E-state index contributed by atoms with van der Waals surface area (Å²) in [5.74, 6) is -2.22. The highest BCUT2D eigenvalue weighted by atomic mass is 19.2. The van der Waals surface area contributed by atoms with Crippen LogP contribution in [-0.4, -0.2) is 17.5 Å². The predicted octanol–water partition coefficient (Wildman–Crippen LogP) is 2.19. The molecule has 1 aromatic rings. The van der Waals surface area contributed by atoms with Crippen molar-refractivity contribution in [1.82, 2.24) is 0 Å². The molecule has 1 aromatic carbocycles. The van der Waals surface area contributed by atoms with Gasteiger partial charge in [0.2, 0.25) is 5.82 Å². The van der Waals surface area contributed by atoms with Crippen LogP contribution in [-0.2, 0) is 0 Å². The van der Waals surface area contributed by atoms with Crippen LogP contribution in [0.5, 0.6) is 5.75 Å². The average molecular weight is 201 g/mol. The molecule has 3 nitrogen and oxygen atoms in total. The molecule has 0 aliphatic carbocycles. The Balaban J connectivity index is 2.73. The quantitative estimate of drug-likeness (QED) is 0.462. The van der Waals surface area contributed by atoms with Gasteiger partial charge in [-0.2, -0.15) is 4.39 Å². The molecule has 0 saturated carbocycles.